The minimum atomic E-state index is -0.464. The van der Waals surface area contributed by atoms with Crippen LogP contribution in [-0.4, -0.2) is 12.2 Å². The van der Waals surface area contributed by atoms with Gasteiger partial charge in [0, 0.05) is 30.4 Å². The van der Waals surface area contributed by atoms with E-state index in [0.717, 1.165) is 29.1 Å². The van der Waals surface area contributed by atoms with Crippen molar-refractivity contribution in [3.05, 3.63) is 53.5 Å². The summed E-state index contributed by atoms with van der Waals surface area (Å²) in [6.45, 7) is 4.52. The second-order valence-electron chi connectivity index (χ2n) is 4.59. The van der Waals surface area contributed by atoms with Crippen molar-refractivity contribution >= 4 is 5.69 Å². The molecule has 0 bridgehead atoms. The molecule has 1 unspecified atom stereocenters. The highest BCUT2D eigenvalue weighted by Crippen LogP contribution is 2.26. The smallest absolute Gasteiger partial charge is 0.105 e. The predicted octanol–water partition coefficient (Wildman–Crippen LogP) is 3.28. The van der Waals surface area contributed by atoms with Crippen molar-refractivity contribution in [1.29, 1.82) is 0 Å². The molecule has 0 aliphatic carbocycles. The van der Waals surface area contributed by atoms with E-state index in [1.807, 2.05) is 44.3 Å². The van der Waals surface area contributed by atoms with E-state index in [0.29, 0.717) is 0 Å². The molecule has 0 aliphatic heterocycles. The maximum absolute atomic E-state index is 9.79. The summed E-state index contributed by atoms with van der Waals surface area (Å²) < 4.78 is 5.30. The van der Waals surface area contributed by atoms with E-state index < -0.39 is 6.10 Å². The summed E-state index contributed by atoms with van der Waals surface area (Å²) in [5.74, 6) is 0.941. The molecule has 0 saturated heterocycles. The van der Waals surface area contributed by atoms with Crippen LogP contribution in [0.15, 0.2) is 41.0 Å². The summed E-state index contributed by atoms with van der Waals surface area (Å²) in [5, 5.41) is 9.79. The predicted molar refractivity (Wildman–Crippen MR) is 72.6 cm³/mol. The molecular formula is C15H19NO2. The van der Waals surface area contributed by atoms with E-state index in [4.69, 9.17) is 4.42 Å². The number of anilines is 1. The normalized spacial score (nSPS) is 12.4. The summed E-state index contributed by atoms with van der Waals surface area (Å²) in [6.07, 6.45) is 1.24. The van der Waals surface area contributed by atoms with Crippen molar-refractivity contribution in [1.82, 2.24) is 0 Å². The number of para-hydroxylation sites is 1. The van der Waals surface area contributed by atoms with Gasteiger partial charge in [-0.25, -0.2) is 0 Å². The molecule has 1 aromatic heterocycles. The molecular weight excluding hydrogens is 226 g/mol. The van der Waals surface area contributed by atoms with Gasteiger partial charge in [0.2, 0.25) is 0 Å². The van der Waals surface area contributed by atoms with Gasteiger partial charge in [-0.1, -0.05) is 18.2 Å². The molecule has 2 rings (SSSR count). The lowest BCUT2D eigenvalue weighted by Gasteiger charge is -2.23. The van der Waals surface area contributed by atoms with Gasteiger partial charge in [-0.05, 0) is 26.0 Å². The molecule has 18 heavy (non-hydrogen) atoms. The summed E-state index contributed by atoms with van der Waals surface area (Å²) >= 11 is 0. The van der Waals surface area contributed by atoms with Crippen LogP contribution in [0.5, 0.6) is 0 Å². The van der Waals surface area contributed by atoms with Gasteiger partial charge in [0.1, 0.15) is 5.76 Å². The Kier molecular flexibility index (Phi) is 3.72. The first-order valence-electron chi connectivity index (χ1n) is 6.10. The van der Waals surface area contributed by atoms with Crippen LogP contribution < -0.4 is 4.90 Å². The molecule has 1 N–H and O–H groups in total. The number of benzene rings is 1. The van der Waals surface area contributed by atoms with Crippen LogP contribution in [-0.2, 0) is 6.54 Å². The third kappa shape index (κ3) is 2.57. The second kappa shape index (κ2) is 5.27. The van der Waals surface area contributed by atoms with Gasteiger partial charge >= 0.3 is 0 Å². The van der Waals surface area contributed by atoms with Gasteiger partial charge in [-0.2, -0.15) is 0 Å². The Hall–Kier alpha value is -1.74. The number of aliphatic hydroxyl groups is 1. The highest BCUT2D eigenvalue weighted by atomic mass is 16.3. The largest absolute Gasteiger partial charge is 0.469 e. The first-order chi connectivity index (χ1) is 8.59. The van der Waals surface area contributed by atoms with Crippen LogP contribution in [0.3, 0.4) is 0 Å². The van der Waals surface area contributed by atoms with Gasteiger partial charge in [0.25, 0.3) is 0 Å². The van der Waals surface area contributed by atoms with Crippen LogP contribution >= 0.6 is 0 Å². The fraction of sp³-hybridized carbons (Fsp3) is 0.333. The van der Waals surface area contributed by atoms with Gasteiger partial charge in [0.05, 0.1) is 12.4 Å². The van der Waals surface area contributed by atoms with E-state index in [9.17, 15) is 5.11 Å². The third-order valence-electron chi connectivity index (χ3n) is 3.17. The molecule has 3 nitrogen and oxygen atoms in total. The van der Waals surface area contributed by atoms with Crippen LogP contribution in [0.1, 0.15) is 29.9 Å². The number of hydrogen-bond acceptors (Lipinski definition) is 3. The van der Waals surface area contributed by atoms with Crippen LogP contribution in [0.2, 0.25) is 0 Å². The van der Waals surface area contributed by atoms with Crippen molar-refractivity contribution in [2.75, 3.05) is 11.9 Å². The number of hydrogen-bond donors (Lipinski definition) is 1. The summed E-state index contributed by atoms with van der Waals surface area (Å²) in [6, 6.07) is 9.90. The summed E-state index contributed by atoms with van der Waals surface area (Å²) in [4.78, 5) is 2.12. The van der Waals surface area contributed by atoms with Crippen molar-refractivity contribution in [2.45, 2.75) is 26.5 Å². The fourth-order valence-corrected chi connectivity index (χ4v) is 2.10. The Morgan fingerprint density at radius 2 is 2.00 bits per heavy atom. The molecule has 1 aromatic carbocycles. The van der Waals surface area contributed by atoms with Crippen LogP contribution in [0, 0.1) is 6.92 Å². The van der Waals surface area contributed by atoms with Gasteiger partial charge in [-0.15, -0.1) is 0 Å². The zero-order valence-electron chi connectivity index (χ0n) is 11.1. The standard InChI is InChI=1S/C15H19NO2/c1-11(17)14-6-4-5-7-15(14)16(3)10-13-8-9-18-12(13)2/h4-9,11,17H,10H2,1-3H3. The lowest BCUT2D eigenvalue weighted by Crippen LogP contribution is -2.18. The molecule has 0 radical (unpaired) electrons. The van der Waals surface area contributed by atoms with Crippen LogP contribution in [0.4, 0.5) is 5.69 Å². The maximum Gasteiger partial charge on any atom is 0.105 e. The number of rotatable bonds is 4. The Balaban J connectivity index is 2.24. The van der Waals surface area contributed by atoms with Gasteiger partial charge in [-0.3, -0.25) is 0 Å². The number of nitrogens with zero attached hydrogens (tertiary/aromatic N) is 1. The highest BCUT2D eigenvalue weighted by Gasteiger charge is 2.12. The lowest BCUT2D eigenvalue weighted by molar-refractivity contribution is 0.199. The molecule has 0 aliphatic rings. The molecule has 0 spiro atoms. The monoisotopic (exact) mass is 245 g/mol. The summed E-state index contributed by atoms with van der Waals surface area (Å²) in [5.41, 5.74) is 3.16. The van der Waals surface area contributed by atoms with Crippen molar-refractivity contribution in [3.63, 3.8) is 0 Å². The fourth-order valence-electron chi connectivity index (χ4n) is 2.10. The number of aryl methyl sites for hydroxylation is 1. The summed E-state index contributed by atoms with van der Waals surface area (Å²) in [7, 11) is 2.02. The second-order valence-corrected chi connectivity index (χ2v) is 4.59. The SMILES string of the molecule is Cc1occc1CN(C)c1ccccc1C(C)O. The lowest BCUT2D eigenvalue weighted by atomic mass is 10.1. The third-order valence-corrected chi connectivity index (χ3v) is 3.17. The molecule has 0 fully saturated rings. The topological polar surface area (TPSA) is 36.6 Å². The molecule has 0 saturated carbocycles. The Bertz CT molecular complexity index is 517. The molecule has 2 aromatic rings. The van der Waals surface area contributed by atoms with Crippen molar-refractivity contribution in [2.24, 2.45) is 0 Å². The average Bonchev–Trinajstić information content (AvgIpc) is 2.75. The van der Waals surface area contributed by atoms with E-state index in [1.165, 1.54) is 0 Å². The van der Waals surface area contributed by atoms with E-state index in [1.54, 1.807) is 13.2 Å². The molecule has 0 amide bonds. The molecule has 1 heterocycles. The average molecular weight is 245 g/mol. The van der Waals surface area contributed by atoms with E-state index in [-0.39, 0.29) is 0 Å². The quantitative estimate of drug-likeness (QED) is 0.898. The Labute approximate surface area is 108 Å². The first kappa shape index (κ1) is 12.7. The number of furan rings is 1. The zero-order chi connectivity index (χ0) is 13.1. The zero-order valence-corrected chi connectivity index (χ0v) is 11.1. The van der Waals surface area contributed by atoms with Gasteiger partial charge < -0.3 is 14.4 Å². The van der Waals surface area contributed by atoms with Crippen molar-refractivity contribution < 1.29 is 9.52 Å². The Morgan fingerprint density at radius 3 is 2.61 bits per heavy atom. The first-order valence-corrected chi connectivity index (χ1v) is 6.10. The highest BCUT2D eigenvalue weighted by molar-refractivity contribution is 5.54. The maximum atomic E-state index is 9.79. The van der Waals surface area contributed by atoms with Gasteiger partial charge in [0.15, 0.2) is 0 Å². The van der Waals surface area contributed by atoms with E-state index >= 15 is 0 Å². The van der Waals surface area contributed by atoms with Crippen molar-refractivity contribution in [3.8, 4) is 0 Å². The van der Waals surface area contributed by atoms with E-state index in [2.05, 4.69) is 4.90 Å². The minimum absolute atomic E-state index is 0.464. The number of aliphatic hydroxyl groups excluding tert-OH is 1. The molecule has 1 atom stereocenters. The molecule has 96 valence electrons. The van der Waals surface area contributed by atoms with Crippen LogP contribution in [0.25, 0.3) is 0 Å². The molecule has 3 heteroatoms. The minimum Gasteiger partial charge on any atom is -0.469 e. The Morgan fingerprint density at radius 1 is 1.28 bits per heavy atom.